The van der Waals surface area contributed by atoms with Gasteiger partial charge in [-0.25, -0.2) is 8.42 Å². The molecule has 0 fully saturated rings. The highest BCUT2D eigenvalue weighted by molar-refractivity contribution is 7.94. The third kappa shape index (κ3) is 3.69. The van der Waals surface area contributed by atoms with Crippen LogP contribution in [0.25, 0.3) is 0 Å². The van der Waals surface area contributed by atoms with Gasteiger partial charge in [-0.2, -0.15) is 0 Å². The van der Waals surface area contributed by atoms with Crippen molar-refractivity contribution >= 4 is 38.4 Å². The standard InChI is InChI=1S/C17H16N2O3S2/c1-22-16-6-3-2-5-15(16)18-13-8-10-14(11-9-13)19-24(20,21)17-7-4-12-23-17/h2-12,18-19H,1H3. The SMILES string of the molecule is COc1ccccc1Nc1ccc(NS(=O)(=O)c2cccs2)cc1. The molecule has 0 spiro atoms. The maximum Gasteiger partial charge on any atom is 0.271 e. The number of benzene rings is 2. The number of sulfonamides is 1. The fourth-order valence-electron chi connectivity index (χ4n) is 2.15. The van der Waals surface area contributed by atoms with Crippen molar-refractivity contribution in [2.45, 2.75) is 4.21 Å². The minimum absolute atomic E-state index is 0.290. The molecule has 0 bridgehead atoms. The van der Waals surface area contributed by atoms with Crippen molar-refractivity contribution in [3.05, 3.63) is 66.0 Å². The van der Waals surface area contributed by atoms with Crippen LogP contribution in [0.2, 0.25) is 0 Å². The quantitative estimate of drug-likeness (QED) is 0.688. The number of para-hydroxylation sites is 2. The van der Waals surface area contributed by atoms with Crippen LogP contribution in [0.15, 0.2) is 70.3 Å². The van der Waals surface area contributed by atoms with Gasteiger partial charge in [0.25, 0.3) is 10.0 Å². The zero-order valence-electron chi connectivity index (χ0n) is 12.9. The van der Waals surface area contributed by atoms with E-state index in [0.29, 0.717) is 9.90 Å². The summed E-state index contributed by atoms with van der Waals surface area (Å²) in [4.78, 5) is 0. The first-order valence-corrected chi connectivity index (χ1v) is 9.51. The lowest BCUT2D eigenvalue weighted by Crippen LogP contribution is -2.11. The first kappa shape index (κ1) is 16.4. The van der Waals surface area contributed by atoms with Crippen LogP contribution in [-0.2, 0) is 10.0 Å². The average molecular weight is 360 g/mol. The van der Waals surface area contributed by atoms with Gasteiger partial charge < -0.3 is 10.1 Å². The predicted molar refractivity (Wildman–Crippen MR) is 97.8 cm³/mol. The van der Waals surface area contributed by atoms with Gasteiger partial charge in [-0.1, -0.05) is 18.2 Å². The van der Waals surface area contributed by atoms with E-state index in [1.54, 1.807) is 48.9 Å². The zero-order valence-corrected chi connectivity index (χ0v) is 14.5. The van der Waals surface area contributed by atoms with E-state index in [-0.39, 0.29) is 0 Å². The largest absolute Gasteiger partial charge is 0.495 e. The molecule has 0 radical (unpaired) electrons. The van der Waals surface area contributed by atoms with Crippen LogP contribution in [0, 0.1) is 0 Å². The minimum Gasteiger partial charge on any atom is -0.495 e. The lowest BCUT2D eigenvalue weighted by atomic mass is 10.2. The number of nitrogens with one attached hydrogen (secondary N) is 2. The molecule has 0 amide bonds. The lowest BCUT2D eigenvalue weighted by molar-refractivity contribution is 0.417. The van der Waals surface area contributed by atoms with Crippen molar-refractivity contribution in [1.29, 1.82) is 0 Å². The van der Waals surface area contributed by atoms with Crippen LogP contribution in [-0.4, -0.2) is 15.5 Å². The third-order valence-electron chi connectivity index (χ3n) is 3.28. The van der Waals surface area contributed by atoms with E-state index in [1.807, 2.05) is 24.3 Å². The molecule has 1 aromatic heterocycles. The first-order valence-electron chi connectivity index (χ1n) is 7.15. The van der Waals surface area contributed by atoms with Crippen molar-refractivity contribution < 1.29 is 13.2 Å². The molecule has 0 aliphatic carbocycles. The Bertz CT molecular complexity index is 905. The Morgan fingerprint density at radius 1 is 0.917 bits per heavy atom. The normalized spacial score (nSPS) is 11.0. The van der Waals surface area contributed by atoms with Crippen molar-refractivity contribution in [3.63, 3.8) is 0 Å². The lowest BCUT2D eigenvalue weighted by Gasteiger charge is -2.12. The molecular weight excluding hydrogens is 344 g/mol. The molecule has 2 N–H and O–H groups in total. The van der Waals surface area contributed by atoms with Crippen molar-refractivity contribution in [3.8, 4) is 5.75 Å². The van der Waals surface area contributed by atoms with Gasteiger partial charge in [-0.3, -0.25) is 4.72 Å². The molecule has 24 heavy (non-hydrogen) atoms. The summed E-state index contributed by atoms with van der Waals surface area (Å²) in [6, 6.07) is 17.9. The molecule has 3 rings (SSSR count). The molecule has 3 aromatic rings. The predicted octanol–water partition coefficient (Wildman–Crippen LogP) is 4.30. The topological polar surface area (TPSA) is 67.4 Å². The Kier molecular flexibility index (Phi) is 4.73. The van der Waals surface area contributed by atoms with Gasteiger partial charge in [-0.15, -0.1) is 11.3 Å². The van der Waals surface area contributed by atoms with E-state index in [1.165, 1.54) is 11.3 Å². The maximum atomic E-state index is 12.2. The van der Waals surface area contributed by atoms with Gasteiger partial charge in [-0.05, 0) is 47.8 Å². The Balaban J connectivity index is 1.74. The van der Waals surface area contributed by atoms with Gasteiger partial charge in [0, 0.05) is 11.4 Å². The Labute approximate surface area is 145 Å². The van der Waals surface area contributed by atoms with Gasteiger partial charge in [0.2, 0.25) is 0 Å². The minimum atomic E-state index is -3.52. The summed E-state index contributed by atoms with van der Waals surface area (Å²) < 4.78 is 32.5. The van der Waals surface area contributed by atoms with Gasteiger partial charge in [0.1, 0.15) is 9.96 Å². The van der Waals surface area contributed by atoms with Gasteiger partial charge in [0.05, 0.1) is 12.8 Å². The highest BCUT2D eigenvalue weighted by Gasteiger charge is 2.14. The molecule has 2 aromatic carbocycles. The molecule has 7 heteroatoms. The molecule has 5 nitrogen and oxygen atoms in total. The summed E-state index contributed by atoms with van der Waals surface area (Å²) in [5.74, 6) is 0.736. The van der Waals surface area contributed by atoms with Crippen LogP contribution in [0.3, 0.4) is 0 Å². The number of rotatable bonds is 6. The first-order chi connectivity index (χ1) is 11.6. The molecule has 0 saturated heterocycles. The Morgan fingerprint density at radius 3 is 2.29 bits per heavy atom. The second-order valence-electron chi connectivity index (χ2n) is 4.94. The number of hydrogen-bond acceptors (Lipinski definition) is 5. The monoisotopic (exact) mass is 360 g/mol. The molecular formula is C17H16N2O3S2. The summed E-state index contributed by atoms with van der Waals surface area (Å²) in [5, 5.41) is 4.97. The number of thiophene rings is 1. The van der Waals surface area contributed by atoms with E-state index >= 15 is 0 Å². The maximum absolute atomic E-state index is 12.2. The van der Waals surface area contributed by atoms with Crippen LogP contribution in [0.5, 0.6) is 5.75 Å². The van der Waals surface area contributed by atoms with Crippen molar-refractivity contribution in [1.82, 2.24) is 0 Å². The molecule has 1 heterocycles. The van der Waals surface area contributed by atoms with Crippen LogP contribution < -0.4 is 14.8 Å². The van der Waals surface area contributed by atoms with E-state index in [4.69, 9.17) is 4.74 Å². The number of ether oxygens (including phenoxy) is 1. The summed E-state index contributed by atoms with van der Waals surface area (Å²) in [5.41, 5.74) is 2.18. The summed E-state index contributed by atoms with van der Waals surface area (Å²) in [7, 11) is -1.91. The fourth-order valence-corrected chi connectivity index (χ4v) is 4.20. The molecule has 0 atom stereocenters. The highest BCUT2D eigenvalue weighted by atomic mass is 32.2. The summed E-state index contributed by atoms with van der Waals surface area (Å²) in [6.07, 6.45) is 0. The summed E-state index contributed by atoms with van der Waals surface area (Å²) >= 11 is 1.18. The zero-order chi connectivity index (χ0) is 17.0. The molecule has 0 aliphatic rings. The van der Waals surface area contributed by atoms with Crippen molar-refractivity contribution in [2.75, 3.05) is 17.1 Å². The number of methoxy groups -OCH3 is 1. The van der Waals surface area contributed by atoms with Crippen LogP contribution in [0.4, 0.5) is 17.1 Å². The van der Waals surface area contributed by atoms with Crippen molar-refractivity contribution in [2.24, 2.45) is 0 Å². The number of anilines is 3. The van der Waals surface area contributed by atoms with Crippen LogP contribution >= 0.6 is 11.3 Å². The Morgan fingerprint density at radius 2 is 1.62 bits per heavy atom. The second-order valence-corrected chi connectivity index (χ2v) is 7.80. The molecule has 0 unspecified atom stereocenters. The smallest absolute Gasteiger partial charge is 0.271 e. The Hall–Kier alpha value is -2.51. The van der Waals surface area contributed by atoms with E-state index in [2.05, 4.69) is 10.0 Å². The van der Waals surface area contributed by atoms with E-state index in [9.17, 15) is 8.42 Å². The fraction of sp³-hybridized carbons (Fsp3) is 0.0588. The van der Waals surface area contributed by atoms with E-state index < -0.39 is 10.0 Å². The number of hydrogen-bond donors (Lipinski definition) is 2. The molecule has 0 aliphatic heterocycles. The molecule has 0 saturated carbocycles. The van der Waals surface area contributed by atoms with Crippen LogP contribution in [0.1, 0.15) is 0 Å². The van der Waals surface area contributed by atoms with E-state index in [0.717, 1.165) is 17.1 Å². The average Bonchev–Trinajstić information content (AvgIpc) is 3.12. The van der Waals surface area contributed by atoms with Gasteiger partial charge >= 0.3 is 0 Å². The van der Waals surface area contributed by atoms with Gasteiger partial charge in [0.15, 0.2) is 0 Å². The summed E-state index contributed by atoms with van der Waals surface area (Å²) in [6.45, 7) is 0. The third-order valence-corrected chi connectivity index (χ3v) is 6.06. The highest BCUT2D eigenvalue weighted by Crippen LogP contribution is 2.28. The molecule has 124 valence electrons. The second kappa shape index (κ2) is 6.94.